The Kier molecular flexibility index (Phi) is 5.70. The number of rotatable bonds is 3. The molecule has 2 fully saturated rings. The van der Waals surface area contributed by atoms with Crippen LogP contribution < -0.4 is 4.90 Å². The van der Waals surface area contributed by atoms with Crippen molar-refractivity contribution in [2.24, 2.45) is 5.92 Å². The van der Waals surface area contributed by atoms with Crippen molar-refractivity contribution in [3.63, 3.8) is 0 Å². The summed E-state index contributed by atoms with van der Waals surface area (Å²) in [5.74, 6) is -1.62. The maximum Gasteiger partial charge on any atom is 0.312 e. The van der Waals surface area contributed by atoms with Gasteiger partial charge >= 0.3 is 17.8 Å². The first-order chi connectivity index (χ1) is 12.5. The van der Waals surface area contributed by atoms with Crippen molar-refractivity contribution in [3.05, 3.63) is 24.5 Å². The largest absolute Gasteiger partial charge is 0.481 e. The average molecular weight is 360 g/mol. The summed E-state index contributed by atoms with van der Waals surface area (Å²) in [6, 6.07) is 3.87. The van der Waals surface area contributed by atoms with Gasteiger partial charge in [-0.2, -0.15) is 0 Å². The molecule has 0 spiro atoms. The Hall–Kier alpha value is -2.64. The van der Waals surface area contributed by atoms with E-state index in [0.717, 1.165) is 5.69 Å². The summed E-state index contributed by atoms with van der Waals surface area (Å²) < 4.78 is 0. The number of hydrogen-bond donors (Lipinski definition) is 1. The van der Waals surface area contributed by atoms with E-state index < -0.39 is 17.8 Å². The molecule has 1 N–H and O–H groups in total. The molecule has 1 aromatic heterocycles. The number of carboxylic acids is 1. The standard InChI is InChI=1S/C18H24N4O4/c23-16(24)13-14-3-7-21(8-4-14)17(25)18(26)22-11-9-20(10-12-22)15-1-5-19-6-2-15/h1-2,5-6,14H,3-4,7-13H2,(H,23,24). The van der Waals surface area contributed by atoms with Gasteiger partial charge in [0.05, 0.1) is 0 Å². The summed E-state index contributed by atoms with van der Waals surface area (Å²) in [5, 5.41) is 8.85. The van der Waals surface area contributed by atoms with E-state index in [1.807, 2.05) is 12.1 Å². The summed E-state index contributed by atoms with van der Waals surface area (Å²) in [5.41, 5.74) is 1.07. The monoisotopic (exact) mass is 360 g/mol. The lowest BCUT2D eigenvalue weighted by Gasteiger charge is -2.37. The fourth-order valence-electron chi connectivity index (χ4n) is 3.58. The molecular formula is C18H24N4O4. The van der Waals surface area contributed by atoms with Gasteiger partial charge < -0.3 is 19.8 Å². The molecule has 1 aromatic rings. The van der Waals surface area contributed by atoms with Gasteiger partial charge in [0.1, 0.15) is 0 Å². The van der Waals surface area contributed by atoms with E-state index in [2.05, 4.69) is 9.88 Å². The first kappa shape index (κ1) is 18.2. The molecule has 0 unspecified atom stereocenters. The number of carbonyl (C=O) groups is 3. The van der Waals surface area contributed by atoms with E-state index in [0.29, 0.717) is 52.1 Å². The fraction of sp³-hybridized carbons (Fsp3) is 0.556. The Morgan fingerprint density at radius 2 is 1.46 bits per heavy atom. The normalized spacial score (nSPS) is 18.7. The highest BCUT2D eigenvalue weighted by Crippen LogP contribution is 2.21. The number of amides is 2. The highest BCUT2D eigenvalue weighted by Gasteiger charge is 2.32. The number of anilines is 1. The zero-order valence-corrected chi connectivity index (χ0v) is 14.7. The first-order valence-corrected chi connectivity index (χ1v) is 8.99. The molecule has 0 aliphatic carbocycles. The third kappa shape index (κ3) is 4.30. The molecule has 0 saturated carbocycles. The molecule has 0 bridgehead atoms. The number of nitrogens with zero attached hydrogens (tertiary/aromatic N) is 4. The van der Waals surface area contributed by atoms with Gasteiger partial charge in [-0.25, -0.2) is 0 Å². The lowest BCUT2D eigenvalue weighted by atomic mass is 9.93. The van der Waals surface area contributed by atoms with Crippen molar-refractivity contribution in [1.82, 2.24) is 14.8 Å². The van der Waals surface area contributed by atoms with E-state index in [-0.39, 0.29) is 12.3 Å². The number of likely N-dealkylation sites (tertiary alicyclic amines) is 1. The minimum Gasteiger partial charge on any atom is -0.481 e. The van der Waals surface area contributed by atoms with Crippen LogP contribution in [0.5, 0.6) is 0 Å². The van der Waals surface area contributed by atoms with E-state index in [9.17, 15) is 14.4 Å². The summed E-state index contributed by atoms with van der Waals surface area (Å²) >= 11 is 0. The van der Waals surface area contributed by atoms with Crippen LogP contribution in [0.4, 0.5) is 5.69 Å². The zero-order valence-electron chi connectivity index (χ0n) is 14.7. The van der Waals surface area contributed by atoms with Crippen molar-refractivity contribution >= 4 is 23.5 Å². The summed E-state index contributed by atoms with van der Waals surface area (Å²) in [6.07, 6.45) is 4.89. The molecule has 2 aliphatic rings. The van der Waals surface area contributed by atoms with Gasteiger partial charge in [-0.3, -0.25) is 19.4 Å². The molecule has 2 aliphatic heterocycles. The van der Waals surface area contributed by atoms with Crippen LogP contribution in [0.15, 0.2) is 24.5 Å². The number of aliphatic carboxylic acids is 1. The molecule has 3 heterocycles. The van der Waals surface area contributed by atoms with Crippen LogP contribution in [0.2, 0.25) is 0 Å². The highest BCUT2D eigenvalue weighted by molar-refractivity contribution is 6.34. The van der Waals surface area contributed by atoms with Crippen molar-refractivity contribution in [2.45, 2.75) is 19.3 Å². The minimum atomic E-state index is -0.807. The Balaban J connectivity index is 1.48. The van der Waals surface area contributed by atoms with Crippen molar-refractivity contribution < 1.29 is 19.5 Å². The highest BCUT2D eigenvalue weighted by atomic mass is 16.4. The maximum atomic E-state index is 12.5. The first-order valence-electron chi connectivity index (χ1n) is 8.99. The lowest BCUT2D eigenvalue weighted by molar-refractivity contribution is -0.153. The molecular weight excluding hydrogens is 336 g/mol. The van der Waals surface area contributed by atoms with Crippen LogP contribution in [-0.2, 0) is 14.4 Å². The molecule has 0 atom stereocenters. The topological polar surface area (TPSA) is 94.0 Å². The van der Waals surface area contributed by atoms with Crippen molar-refractivity contribution in [1.29, 1.82) is 0 Å². The summed E-state index contributed by atoms with van der Waals surface area (Å²) in [4.78, 5) is 45.1. The van der Waals surface area contributed by atoms with Gasteiger partial charge in [-0.05, 0) is 30.9 Å². The minimum absolute atomic E-state index is 0.0931. The molecule has 26 heavy (non-hydrogen) atoms. The fourth-order valence-corrected chi connectivity index (χ4v) is 3.58. The van der Waals surface area contributed by atoms with Gasteiger partial charge in [-0.1, -0.05) is 0 Å². The van der Waals surface area contributed by atoms with Crippen LogP contribution >= 0.6 is 0 Å². The predicted molar refractivity (Wildman–Crippen MR) is 94.6 cm³/mol. The smallest absolute Gasteiger partial charge is 0.312 e. The van der Waals surface area contributed by atoms with Crippen LogP contribution in [0, 0.1) is 5.92 Å². The Labute approximate surface area is 152 Å². The second-order valence-electron chi connectivity index (χ2n) is 6.82. The Morgan fingerprint density at radius 3 is 2.00 bits per heavy atom. The molecule has 2 amide bonds. The zero-order chi connectivity index (χ0) is 18.5. The molecule has 3 rings (SSSR count). The Bertz CT molecular complexity index is 650. The number of aromatic nitrogens is 1. The van der Waals surface area contributed by atoms with Crippen LogP contribution in [0.3, 0.4) is 0 Å². The summed E-state index contributed by atoms with van der Waals surface area (Å²) in [7, 11) is 0. The number of piperazine rings is 1. The number of hydrogen-bond acceptors (Lipinski definition) is 5. The van der Waals surface area contributed by atoms with Crippen LogP contribution in [0.1, 0.15) is 19.3 Å². The predicted octanol–water partition coefficient (Wildman–Crippen LogP) is 0.444. The van der Waals surface area contributed by atoms with E-state index in [4.69, 9.17) is 5.11 Å². The number of pyridine rings is 1. The molecule has 140 valence electrons. The third-order valence-electron chi connectivity index (χ3n) is 5.14. The molecule has 0 radical (unpaired) electrons. The van der Waals surface area contributed by atoms with E-state index in [1.54, 1.807) is 22.2 Å². The van der Waals surface area contributed by atoms with E-state index in [1.165, 1.54) is 0 Å². The van der Waals surface area contributed by atoms with Crippen LogP contribution in [-0.4, -0.2) is 76.9 Å². The van der Waals surface area contributed by atoms with Gasteiger partial charge in [0.15, 0.2) is 0 Å². The SMILES string of the molecule is O=C(O)CC1CCN(C(=O)C(=O)N2CCN(c3ccncc3)CC2)CC1. The quantitative estimate of drug-likeness (QED) is 0.787. The average Bonchev–Trinajstić information content (AvgIpc) is 2.68. The van der Waals surface area contributed by atoms with Crippen LogP contribution in [0.25, 0.3) is 0 Å². The van der Waals surface area contributed by atoms with Gasteiger partial charge in [0.25, 0.3) is 0 Å². The third-order valence-corrected chi connectivity index (χ3v) is 5.14. The van der Waals surface area contributed by atoms with Crippen molar-refractivity contribution in [3.8, 4) is 0 Å². The Morgan fingerprint density at radius 1 is 0.923 bits per heavy atom. The molecule has 8 nitrogen and oxygen atoms in total. The number of carboxylic acid groups (broad SMARTS) is 1. The number of piperidine rings is 1. The second kappa shape index (κ2) is 8.16. The second-order valence-corrected chi connectivity index (χ2v) is 6.82. The summed E-state index contributed by atoms with van der Waals surface area (Å²) in [6.45, 7) is 3.32. The molecule has 0 aromatic carbocycles. The number of carbonyl (C=O) groups excluding carboxylic acids is 2. The van der Waals surface area contributed by atoms with E-state index >= 15 is 0 Å². The lowest BCUT2D eigenvalue weighted by Crippen LogP contribution is -2.54. The van der Waals surface area contributed by atoms with Gasteiger partial charge in [0, 0.05) is 63.8 Å². The maximum absolute atomic E-state index is 12.5. The molecule has 2 saturated heterocycles. The van der Waals surface area contributed by atoms with Crippen molar-refractivity contribution in [2.75, 3.05) is 44.2 Å². The van der Waals surface area contributed by atoms with Gasteiger partial charge in [-0.15, -0.1) is 0 Å². The van der Waals surface area contributed by atoms with Gasteiger partial charge in [0.2, 0.25) is 0 Å². The molecule has 8 heteroatoms.